The molecule has 2 aliphatic heterocycles. The second-order valence-electron chi connectivity index (χ2n) is 8.72. The van der Waals surface area contributed by atoms with E-state index in [1.54, 1.807) is 0 Å². The first-order valence-electron chi connectivity index (χ1n) is 11.6. The van der Waals surface area contributed by atoms with Crippen LogP contribution in [0.1, 0.15) is 64.0 Å². The fourth-order valence-corrected chi connectivity index (χ4v) is 4.78. The van der Waals surface area contributed by atoms with Crippen molar-refractivity contribution in [3.8, 4) is 0 Å². The first-order valence-corrected chi connectivity index (χ1v) is 12.0. The van der Waals surface area contributed by atoms with Crippen molar-refractivity contribution in [1.29, 1.82) is 0 Å². The Kier molecular flexibility index (Phi) is 7.22. The van der Waals surface area contributed by atoms with E-state index < -0.39 is 0 Å². The molecule has 0 amide bonds. The molecule has 4 rings (SSSR count). The third-order valence-electron chi connectivity index (χ3n) is 6.35. The molecule has 3 heterocycles. The maximum absolute atomic E-state index is 5.61. The zero-order chi connectivity index (χ0) is 21.6. The number of hydrogen-bond donors (Lipinski definition) is 2. The van der Waals surface area contributed by atoms with E-state index >= 15 is 0 Å². The van der Waals surface area contributed by atoms with Crippen molar-refractivity contribution < 1.29 is 0 Å². The van der Waals surface area contributed by atoms with E-state index in [1.165, 1.54) is 44.1 Å². The molecule has 2 N–H and O–H groups in total. The molecule has 0 spiro atoms. The van der Waals surface area contributed by atoms with Crippen LogP contribution < -0.4 is 20.4 Å². The average molecular weight is 439 g/mol. The van der Waals surface area contributed by atoms with E-state index in [2.05, 4.69) is 52.5 Å². The van der Waals surface area contributed by atoms with Crippen molar-refractivity contribution in [2.24, 2.45) is 0 Å². The maximum atomic E-state index is 5.61. The van der Waals surface area contributed by atoms with Crippen LogP contribution in [0.3, 0.4) is 0 Å². The molecule has 0 saturated carbocycles. The molecular weight excluding hydrogens is 404 g/mol. The van der Waals surface area contributed by atoms with Crippen molar-refractivity contribution >= 4 is 34.9 Å². The molecule has 7 heteroatoms. The summed E-state index contributed by atoms with van der Waals surface area (Å²) < 4.78 is 0. The Hall–Kier alpha value is -2.41. The number of rotatable bonds is 5. The van der Waals surface area contributed by atoms with Gasteiger partial charge in [0.15, 0.2) is 5.11 Å². The van der Waals surface area contributed by atoms with Crippen molar-refractivity contribution in [2.75, 3.05) is 34.8 Å². The fourth-order valence-electron chi connectivity index (χ4n) is 4.51. The van der Waals surface area contributed by atoms with Gasteiger partial charge >= 0.3 is 0 Å². The Morgan fingerprint density at radius 3 is 2.45 bits per heavy atom. The second-order valence-corrected chi connectivity index (χ2v) is 9.13. The number of aromatic nitrogens is 2. The van der Waals surface area contributed by atoms with Gasteiger partial charge in [-0.1, -0.05) is 30.3 Å². The molecule has 6 nitrogen and oxygen atoms in total. The van der Waals surface area contributed by atoms with E-state index in [-0.39, 0.29) is 6.04 Å². The lowest BCUT2D eigenvalue weighted by molar-refractivity contribution is 0.481. The Morgan fingerprint density at radius 2 is 1.71 bits per heavy atom. The molecule has 0 unspecified atom stereocenters. The number of anilines is 3. The highest BCUT2D eigenvalue weighted by atomic mass is 32.1. The van der Waals surface area contributed by atoms with Gasteiger partial charge in [-0.25, -0.2) is 0 Å². The molecule has 31 heavy (non-hydrogen) atoms. The third kappa shape index (κ3) is 5.64. The normalized spacial score (nSPS) is 20.3. The smallest absolute Gasteiger partial charge is 0.232 e. The number of hydrogen-bond acceptors (Lipinski definition) is 5. The summed E-state index contributed by atoms with van der Waals surface area (Å²) in [5.41, 5.74) is 1.19. The van der Waals surface area contributed by atoms with Gasteiger partial charge in [0.1, 0.15) is 11.6 Å². The number of piperidine rings is 2. The molecule has 0 radical (unpaired) electrons. The summed E-state index contributed by atoms with van der Waals surface area (Å²) in [6, 6.07) is 13.1. The van der Waals surface area contributed by atoms with Gasteiger partial charge in [-0.15, -0.1) is 0 Å². The van der Waals surface area contributed by atoms with Gasteiger partial charge in [0, 0.05) is 31.7 Å². The van der Waals surface area contributed by atoms with Gasteiger partial charge in [-0.05, 0) is 70.2 Å². The second kappa shape index (κ2) is 10.3. The van der Waals surface area contributed by atoms with E-state index in [1.807, 2.05) is 18.2 Å². The predicted molar refractivity (Wildman–Crippen MR) is 133 cm³/mol. The van der Waals surface area contributed by atoms with Gasteiger partial charge in [0.05, 0.1) is 6.04 Å². The topological polar surface area (TPSA) is 56.3 Å². The molecule has 2 aliphatic rings. The largest absolute Gasteiger partial charge is 0.356 e. The van der Waals surface area contributed by atoms with Gasteiger partial charge in [-0.3, -0.25) is 0 Å². The van der Waals surface area contributed by atoms with Gasteiger partial charge in [-0.2, -0.15) is 9.97 Å². The zero-order valence-electron chi connectivity index (χ0n) is 18.7. The number of benzene rings is 1. The van der Waals surface area contributed by atoms with Crippen LogP contribution in [0.15, 0.2) is 36.4 Å². The number of nitrogens with zero attached hydrogens (tertiary/aromatic N) is 4. The third-order valence-corrected chi connectivity index (χ3v) is 6.57. The Bertz CT molecular complexity index is 868. The monoisotopic (exact) mass is 438 g/mol. The molecule has 2 atom stereocenters. The minimum absolute atomic E-state index is 0.105. The van der Waals surface area contributed by atoms with Crippen LogP contribution in [-0.4, -0.2) is 40.8 Å². The summed E-state index contributed by atoms with van der Waals surface area (Å²) in [6.45, 7) is 7.56. The molecule has 166 valence electrons. The Balaban J connectivity index is 1.53. The van der Waals surface area contributed by atoms with Crippen LogP contribution in [0.5, 0.6) is 0 Å². The highest BCUT2D eigenvalue weighted by Crippen LogP contribution is 2.28. The molecule has 2 fully saturated rings. The first kappa shape index (κ1) is 21.8. The molecule has 2 aromatic rings. The molecule has 2 saturated heterocycles. The summed E-state index contributed by atoms with van der Waals surface area (Å²) in [7, 11) is 0. The maximum Gasteiger partial charge on any atom is 0.232 e. The van der Waals surface area contributed by atoms with Gasteiger partial charge in [0.2, 0.25) is 5.95 Å². The van der Waals surface area contributed by atoms with E-state index in [4.69, 9.17) is 22.2 Å². The highest BCUT2D eigenvalue weighted by molar-refractivity contribution is 7.80. The van der Waals surface area contributed by atoms with Crippen molar-refractivity contribution in [3.05, 3.63) is 42.0 Å². The minimum atomic E-state index is 0.105. The van der Waals surface area contributed by atoms with Gasteiger partial charge < -0.3 is 20.4 Å². The Morgan fingerprint density at radius 1 is 1.00 bits per heavy atom. The molecule has 0 aliphatic carbocycles. The van der Waals surface area contributed by atoms with E-state index in [0.717, 1.165) is 31.3 Å². The average Bonchev–Trinajstić information content (AvgIpc) is 2.80. The number of nitrogens with one attached hydrogen (secondary N) is 2. The highest BCUT2D eigenvalue weighted by Gasteiger charge is 2.23. The predicted octanol–water partition coefficient (Wildman–Crippen LogP) is 4.89. The van der Waals surface area contributed by atoms with Crippen molar-refractivity contribution in [3.63, 3.8) is 0 Å². The van der Waals surface area contributed by atoms with Crippen LogP contribution in [0.2, 0.25) is 0 Å². The summed E-state index contributed by atoms with van der Waals surface area (Å²) >= 11 is 5.61. The van der Waals surface area contributed by atoms with Crippen LogP contribution >= 0.6 is 12.2 Å². The van der Waals surface area contributed by atoms with Crippen LogP contribution in [0.4, 0.5) is 17.6 Å². The first-order chi connectivity index (χ1) is 15.1. The summed E-state index contributed by atoms with van der Waals surface area (Å²) in [4.78, 5) is 14.5. The summed E-state index contributed by atoms with van der Waals surface area (Å²) in [5, 5.41) is 7.17. The lowest BCUT2D eigenvalue weighted by Gasteiger charge is -2.35. The quantitative estimate of drug-likeness (QED) is 0.644. The lowest BCUT2D eigenvalue weighted by atomic mass is 10.0. The van der Waals surface area contributed by atoms with Crippen molar-refractivity contribution in [1.82, 2.24) is 15.3 Å². The van der Waals surface area contributed by atoms with E-state index in [0.29, 0.717) is 17.1 Å². The summed E-state index contributed by atoms with van der Waals surface area (Å²) in [5.74, 6) is 2.58. The van der Waals surface area contributed by atoms with Crippen LogP contribution in [0, 0.1) is 0 Å². The van der Waals surface area contributed by atoms with Crippen molar-refractivity contribution in [2.45, 2.75) is 64.5 Å². The number of thiocarbonyl (C=S) groups is 1. The standard InChI is InChI=1S/C24H34N6S/c1-18-11-7-10-16-30(18)22-17-21(29-14-8-4-9-15-29)26-23(27-22)28-24(31)25-19(2)20-12-5-3-6-13-20/h3,5-6,12-13,17-19H,4,7-11,14-16H2,1-2H3,(H2,25,26,27,28,31)/t18-,19+/m1/s1. The van der Waals surface area contributed by atoms with Crippen LogP contribution in [0.25, 0.3) is 0 Å². The lowest BCUT2D eigenvalue weighted by Crippen LogP contribution is -2.39. The van der Waals surface area contributed by atoms with E-state index in [9.17, 15) is 0 Å². The zero-order valence-corrected chi connectivity index (χ0v) is 19.5. The molecule has 1 aromatic heterocycles. The Labute approximate surface area is 191 Å². The van der Waals surface area contributed by atoms with Gasteiger partial charge in [0.25, 0.3) is 0 Å². The fraction of sp³-hybridized carbons (Fsp3) is 0.542. The van der Waals surface area contributed by atoms with Crippen LogP contribution in [-0.2, 0) is 0 Å². The SMILES string of the molecule is C[C@H](NC(=S)Nc1nc(N2CCCCC2)cc(N2CCCC[C@H]2C)n1)c1ccccc1. The molecular formula is C24H34N6S. The molecule has 0 bridgehead atoms. The molecule has 1 aromatic carbocycles. The minimum Gasteiger partial charge on any atom is -0.356 e. The summed E-state index contributed by atoms with van der Waals surface area (Å²) in [6.07, 6.45) is 7.45.